The van der Waals surface area contributed by atoms with Gasteiger partial charge < -0.3 is 24.8 Å². The maximum Gasteiger partial charge on any atom is 0.249 e. The molecular formula is C44H54N4O3. The maximum atomic E-state index is 15.0. The Morgan fingerprint density at radius 2 is 1.73 bits per heavy atom. The van der Waals surface area contributed by atoms with Gasteiger partial charge in [0.05, 0.1) is 17.6 Å². The van der Waals surface area contributed by atoms with E-state index in [9.17, 15) is 0 Å². The van der Waals surface area contributed by atoms with Gasteiger partial charge in [0.25, 0.3) is 0 Å². The smallest absolute Gasteiger partial charge is 0.249 e. The normalized spacial score (nSPS) is 14.5. The predicted molar refractivity (Wildman–Crippen MR) is 212 cm³/mol. The van der Waals surface area contributed by atoms with Crippen molar-refractivity contribution in [2.24, 2.45) is 5.92 Å². The van der Waals surface area contributed by atoms with Crippen LogP contribution in [-0.2, 0) is 17.8 Å². The van der Waals surface area contributed by atoms with Crippen molar-refractivity contribution in [1.29, 1.82) is 0 Å². The summed E-state index contributed by atoms with van der Waals surface area (Å²) in [5, 5.41) is 4.75. The van der Waals surface area contributed by atoms with Gasteiger partial charge in [-0.15, -0.1) is 6.58 Å². The maximum absolute atomic E-state index is 15.0. The van der Waals surface area contributed by atoms with Gasteiger partial charge in [-0.05, 0) is 78.3 Å². The number of anilines is 3. The van der Waals surface area contributed by atoms with Crippen molar-refractivity contribution in [2.45, 2.75) is 85.2 Å². The SMILES string of the molecule is C=CC.CC.CCc1ccccc1-c1ccc2c(c1)OCCN2C(=O)C(CC1CCCCC1)N(Cc1ccccc1)c1ccc2onc(N)c2c1. The van der Waals surface area contributed by atoms with Crippen LogP contribution in [0.3, 0.4) is 0 Å². The number of benzene rings is 4. The molecule has 51 heavy (non-hydrogen) atoms. The zero-order valence-corrected chi connectivity index (χ0v) is 30.8. The van der Waals surface area contributed by atoms with Crippen LogP contribution in [0.25, 0.3) is 22.1 Å². The number of aryl methyl sites for hydroxylation is 1. The lowest BCUT2D eigenvalue weighted by Gasteiger charge is -2.40. The first-order valence-corrected chi connectivity index (χ1v) is 18.7. The van der Waals surface area contributed by atoms with Gasteiger partial charge in [0.1, 0.15) is 18.4 Å². The number of allylic oxidation sites excluding steroid dienone is 1. The summed E-state index contributed by atoms with van der Waals surface area (Å²) in [6.45, 7) is 13.0. The van der Waals surface area contributed by atoms with Crippen LogP contribution in [0.15, 0.2) is 108 Å². The molecule has 1 aliphatic heterocycles. The van der Waals surface area contributed by atoms with Crippen molar-refractivity contribution in [3.8, 4) is 16.9 Å². The molecule has 1 amide bonds. The summed E-state index contributed by atoms with van der Waals surface area (Å²) in [4.78, 5) is 19.3. The lowest BCUT2D eigenvalue weighted by molar-refractivity contribution is -0.120. The molecule has 7 rings (SSSR count). The summed E-state index contributed by atoms with van der Waals surface area (Å²) >= 11 is 0. The number of fused-ring (bicyclic) bond motifs is 2. The Morgan fingerprint density at radius 3 is 2.47 bits per heavy atom. The predicted octanol–water partition coefficient (Wildman–Crippen LogP) is 10.6. The van der Waals surface area contributed by atoms with Gasteiger partial charge in [0.15, 0.2) is 11.4 Å². The molecule has 1 unspecified atom stereocenters. The highest BCUT2D eigenvalue weighted by Gasteiger charge is 2.36. The highest BCUT2D eigenvalue weighted by molar-refractivity contribution is 6.01. The number of rotatable bonds is 9. The molecule has 1 aromatic heterocycles. The Morgan fingerprint density at radius 1 is 1.00 bits per heavy atom. The molecule has 4 aromatic carbocycles. The highest BCUT2D eigenvalue weighted by atomic mass is 16.5. The van der Waals surface area contributed by atoms with E-state index in [2.05, 4.69) is 90.3 Å². The van der Waals surface area contributed by atoms with E-state index in [0.29, 0.717) is 37.0 Å². The summed E-state index contributed by atoms with van der Waals surface area (Å²) in [6.07, 6.45) is 9.50. The molecule has 1 fully saturated rings. The molecule has 1 saturated carbocycles. The van der Waals surface area contributed by atoms with Crippen molar-refractivity contribution in [1.82, 2.24) is 5.16 Å². The first-order valence-electron chi connectivity index (χ1n) is 18.7. The zero-order valence-electron chi connectivity index (χ0n) is 30.8. The van der Waals surface area contributed by atoms with E-state index in [1.54, 1.807) is 6.08 Å². The second-order valence-corrected chi connectivity index (χ2v) is 13.1. The summed E-state index contributed by atoms with van der Waals surface area (Å²) in [7, 11) is 0. The Balaban J connectivity index is 0.000000959. The topological polar surface area (TPSA) is 84.8 Å². The molecule has 5 aromatic rings. The van der Waals surface area contributed by atoms with Crippen LogP contribution >= 0.6 is 0 Å². The Hall–Kier alpha value is -5.04. The van der Waals surface area contributed by atoms with Crippen LogP contribution in [0.2, 0.25) is 0 Å². The fourth-order valence-electron chi connectivity index (χ4n) is 7.29. The molecule has 0 spiro atoms. The van der Waals surface area contributed by atoms with E-state index in [4.69, 9.17) is 15.0 Å². The lowest BCUT2D eigenvalue weighted by atomic mass is 9.84. The highest BCUT2D eigenvalue weighted by Crippen LogP contribution is 2.39. The molecule has 7 heteroatoms. The summed E-state index contributed by atoms with van der Waals surface area (Å²) < 4.78 is 11.7. The van der Waals surface area contributed by atoms with Crippen LogP contribution in [-0.4, -0.2) is 30.3 Å². The molecule has 1 aliphatic carbocycles. The number of aromatic nitrogens is 1. The minimum absolute atomic E-state index is 0.103. The molecule has 2 heterocycles. The molecule has 1 atom stereocenters. The fraction of sp³-hybridized carbons (Fsp3) is 0.364. The van der Waals surface area contributed by atoms with E-state index in [0.717, 1.165) is 59.3 Å². The van der Waals surface area contributed by atoms with Gasteiger partial charge in [-0.2, -0.15) is 0 Å². The van der Waals surface area contributed by atoms with Crippen LogP contribution in [0.4, 0.5) is 17.2 Å². The summed E-state index contributed by atoms with van der Waals surface area (Å²) in [6, 6.07) is 30.8. The molecule has 0 saturated heterocycles. The standard InChI is InChI=1S/C39H42N4O3.C3H6.C2H6/c1-2-29-15-9-10-16-32(29)30-17-19-34-37(24-30)45-22-21-42(34)39(44)35(23-27-11-5-3-6-12-27)43(26-28-13-7-4-8-14-28)31-18-20-36-33(25-31)38(40)41-46-36;1-3-2;1-2/h4,7-10,13-20,24-25,27,35H,2-3,5-6,11-12,21-23,26H2,1H3,(H2,40,41);3H,1H2,2H3;1-2H3. The van der Waals surface area contributed by atoms with Crippen LogP contribution in [0.1, 0.15) is 77.3 Å². The number of amides is 1. The number of nitrogen functional groups attached to an aromatic ring is 1. The Bertz CT molecular complexity index is 1860. The molecule has 0 radical (unpaired) electrons. The third kappa shape index (κ3) is 8.83. The quantitative estimate of drug-likeness (QED) is 0.155. The minimum Gasteiger partial charge on any atom is -0.490 e. The third-order valence-electron chi connectivity index (χ3n) is 9.75. The number of nitrogens with two attached hydrogens (primary N) is 1. The summed E-state index contributed by atoms with van der Waals surface area (Å²) in [5.41, 5.74) is 13.4. The molecular weight excluding hydrogens is 633 g/mol. The number of ether oxygens (including phenoxy) is 1. The lowest BCUT2D eigenvalue weighted by Crippen LogP contribution is -2.52. The largest absolute Gasteiger partial charge is 0.490 e. The van der Waals surface area contributed by atoms with Gasteiger partial charge in [-0.25, -0.2) is 0 Å². The first kappa shape index (κ1) is 37.2. The number of hydrogen-bond donors (Lipinski definition) is 1. The monoisotopic (exact) mass is 686 g/mol. The number of carbonyl (C=O) groups is 1. The molecule has 2 aliphatic rings. The fourth-order valence-corrected chi connectivity index (χ4v) is 7.29. The number of hydrogen-bond acceptors (Lipinski definition) is 6. The summed E-state index contributed by atoms with van der Waals surface area (Å²) in [5.74, 6) is 1.70. The van der Waals surface area contributed by atoms with Gasteiger partial charge >= 0.3 is 0 Å². The van der Waals surface area contributed by atoms with E-state index >= 15 is 4.79 Å². The Labute approximate surface area is 304 Å². The first-order chi connectivity index (χ1) is 25.0. The van der Waals surface area contributed by atoms with Crippen LogP contribution in [0.5, 0.6) is 5.75 Å². The number of nitrogens with zero attached hydrogens (tertiary/aromatic N) is 3. The second kappa shape index (κ2) is 18.3. The second-order valence-electron chi connectivity index (χ2n) is 13.1. The zero-order chi connectivity index (χ0) is 36.2. The molecule has 0 bridgehead atoms. The van der Waals surface area contributed by atoms with Gasteiger partial charge in [0, 0.05) is 12.2 Å². The van der Waals surface area contributed by atoms with Crippen molar-refractivity contribution >= 4 is 34.1 Å². The van der Waals surface area contributed by atoms with Crippen LogP contribution in [0, 0.1) is 5.92 Å². The average Bonchev–Trinajstić information content (AvgIpc) is 3.56. The van der Waals surface area contributed by atoms with E-state index in [-0.39, 0.29) is 11.9 Å². The van der Waals surface area contributed by atoms with Crippen molar-refractivity contribution in [3.63, 3.8) is 0 Å². The van der Waals surface area contributed by atoms with Gasteiger partial charge in [0.2, 0.25) is 5.91 Å². The Kier molecular flexibility index (Phi) is 13.3. The van der Waals surface area contributed by atoms with Crippen LogP contribution < -0.4 is 20.3 Å². The van der Waals surface area contributed by atoms with Crippen molar-refractivity contribution < 1.29 is 14.1 Å². The third-order valence-corrected chi connectivity index (χ3v) is 9.75. The van der Waals surface area contributed by atoms with E-state index in [1.807, 2.05) is 49.9 Å². The van der Waals surface area contributed by atoms with Crippen molar-refractivity contribution in [2.75, 3.05) is 28.7 Å². The molecule has 268 valence electrons. The van der Waals surface area contributed by atoms with Gasteiger partial charge in [-0.3, -0.25) is 4.79 Å². The average molecular weight is 687 g/mol. The molecule has 7 nitrogen and oxygen atoms in total. The van der Waals surface area contributed by atoms with E-state index < -0.39 is 0 Å². The minimum atomic E-state index is -0.381. The van der Waals surface area contributed by atoms with E-state index in [1.165, 1.54) is 30.4 Å². The van der Waals surface area contributed by atoms with Gasteiger partial charge in [-0.1, -0.05) is 125 Å². The molecule has 2 N–H and O–H groups in total. The van der Waals surface area contributed by atoms with Crippen molar-refractivity contribution in [3.05, 3.63) is 115 Å². The number of carbonyl (C=O) groups excluding carboxylic acids is 1.